The molecule has 0 radical (unpaired) electrons. The molecular formula is C21H20ClN3O. The highest BCUT2D eigenvalue weighted by molar-refractivity contribution is 6.30. The monoisotopic (exact) mass is 365 g/mol. The largest absolute Gasteiger partial charge is 0.358 e. The van der Waals surface area contributed by atoms with Gasteiger partial charge in [-0.15, -0.1) is 0 Å². The lowest BCUT2D eigenvalue weighted by Crippen LogP contribution is -2.18. The van der Waals surface area contributed by atoms with E-state index in [1.807, 2.05) is 50.2 Å². The summed E-state index contributed by atoms with van der Waals surface area (Å²) in [5, 5.41) is 4.91. The van der Waals surface area contributed by atoms with Crippen LogP contribution in [0.5, 0.6) is 0 Å². The maximum Gasteiger partial charge on any atom is 0.169 e. The van der Waals surface area contributed by atoms with Crippen molar-refractivity contribution in [3.05, 3.63) is 76.1 Å². The van der Waals surface area contributed by atoms with E-state index in [0.717, 1.165) is 39.4 Å². The maximum absolute atomic E-state index is 6.10. The first-order valence-electron chi connectivity index (χ1n) is 8.70. The van der Waals surface area contributed by atoms with Gasteiger partial charge in [-0.2, -0.15) is 0 Å². The molecule has 1 unspecified atom stereocenters. The summed E-state index contributed by atoms with van der Waals surface area (Å²) in [6.07, 6.45) is 0.687. The van der Waals surface area contributed by atoms with E-state index in [-0.39, 0.29) is 12.1 Å². The minimum Gasteiger partial charge on any atom is -0.358 e. The number of aromatic nitrogens is 1. The standard InChI is InChI=1S/C21H20ClN3O/c1-12(23)11-18-21-19(13(2)25-26-21)16-5-3-4-6-17(16)20(24-18)14-7-9-15(22)10-8-14/h3-10,12,18H,11,23H2,1-2H3/t12?,18-/m0/s1. The van der Waals surface area contributed by atoms with Gasteiger partial charge in [-0.05, 0) is 38.0 Å². The zero-order chi connectivity index (χ0) is 18.3. The third kappa shape index (κ3) is 2.96. The van der Waals surface area contributed by atoms with Gasteiger partial charge in [0.1, 0.15) is 6.04 Å². The zero-order valence-corrected chi connectivity index (χ0v) is 15.5. The summed E-state index contributed by atoms with van der Waals surface area (Å²) in [7, 11) is 0. The van der Waals surface area contributed by atoms with Crippen LogP contribution >= 0.6 is 11.6 Å². The highest BCUT2D eigenvalue weighted by atomic mass is 35.5. The quantitative estimate of drug-likeness (QED) is 0.715. The van der Waals surface area contributed by atoms with E-state index in [4.69, 9.17) is 26.9 Å². The topological polar surface area (TPSA) is 64.4 Å². The second-order valence-corrected chi connectivity index (χ2v) is 7.20. The molecular weight excluding hydrogens is 346 g/mol. The third-order valence-electron chi connectivity index (χ3n) is 4.64. The Bertz CT molecular complexity index is 973. The van der Waals surface area contributed by atoms with E-state index in [1.165, 1.54) is 0 Å². The van der Waals surface area contributed by atoms with Crippen molar-refractivity contribution in [2.45, 2.75) is 32.4 Å². The summed E-state index contributed by atoms with van der Waals surface area (Å²) in [4.78, 5) is 5.07. The molecule has 3 aromatic rings. The van der Waals surface area contributed by atoms with E-state index in [0.29, 0.717) is 11.4 Å². The van der Waals surface area contributed by atoms with E-state index in [2.05, 4.69) is 17.3 Å². The van der Waals surface area contributed by atoms with Crippen LogP contribution in [0.3, 0.4) is 0 Å². The molecule has 0 saturated heterocycles. The van der Waals surface area contributed by atoms with E-state index < -0.39 is 0 Å². The molecule has 0 saturated carbocycles. The average molecular weight is 366 g/mol. The summed E-state index contributed by atoms with van der Waals surface area (Å²) in [5.41, 5.74) is 12.1. The fourth-order valence-corrected chi connectivity index (χ4v) is 3.61. The van der Waals surface area contributed by atoms with Gasteiger partial charge in [-0.3, -0.25) is 4.99 Å². The van der Waals surface area contributed by atoms with Crippen LogP contribution in [0.15, 0.2) is 58.0 Å². The predicted octanol–water partition coefficient (Wildman–Crippen LogP) is 4.93. The Morgan fingerprint density at radius 2 is 1.81 bits per heavy atom. The fourth-order valence-electron chi connectivity index (χ4n) is 3.48. The van der Waals surface area contributed by atoms with Crippen molar-refractivity contribution in [1.29, 1.82) is 0 Å². The van der Waals surface area contributed by atoms with Gasteiger partial charge in [0.2, 0.25) is 0 Å². The van der Waals surface area contributed by atoms with Crippen LogP contribution < -0.4 is 5.73 Å². The van der Waals surface area contributed by atoms with Gasteiger partial charge in [-0.25, -0.2) is 0 Å². The zero-order valence-electron chi connectivity index (χ0n) is 14.7. The number of nitrogens with two attached hydrogens (primary N) is 1. The Hall–Kier alpha value is -2.43. The van der Waals surface area contributed by atoms with Crippen LogP contribution in [0, 0.1) is 6.92 Å². The van der Waals surface area contributed by atoms with Crippen molar-refractivity contribution in [2.75, 3.05) is 0 Å². The molecule has 0 fully saturated rings. The average Bonchev–Trinajstić information content (AvgIpc) is 2.94. The molecule has 0 bridgehead atoms. The first kappa shape index (κ1) is 17.0. The van der Waals surface area contributed by atoms with Crippen LogP contribution in [-0.4, -0.2) is 16.9 Å². The molecule has 0 amide bonds. The molecule has 26 heavy (non-hydrogen) atoms. The fraction of sp³-hybridized carbons (Fsp3) is 0.238. The molecule has 0 aliphatic carbocycles. The number of benzene rings is 2. The summed E-state index contributed by atoms with van der Waals surface area (Å²) >= 11 is 6.08. The molecule has 2 N–H and O–H groups in total. The maximum atomic E-state index is 6.10. The van der Waals surface area contributed by atoms with Gasteiger partial charge in [0.25, 0.3) is 0 Å². The van der Waals surface area contributed by atoms with Crippen LogP contribution in [0.4, 0.5) is 0 Å². The Morgan fingerprint density at radius 1 is 1.12 bits per heavy atom. The molecule has 1 aromatic heterocycles. The van der Waals surface area contributed by atoms with Crippen LogP contribution in [0.2, 0.25) is 5.02 Å². The molecule has 1 aliphatic heterocycles. The van der Waals surface area contributed by atoms with Crippen molar-refractivity contribution in [3.8, 4) is 11.1 Å². The van der Waals surface area contributed by atoms with Crippen molar-refractivity contribution >= 4 is 17.3 Å². The molecule has 132 valence electrons. The summed E-state index contributed by atoms with van der Waals surface area (Å²) in [6.45, 7) is 3.95. The minimum absolute atomic E-state index is 0.00492. The lowest BCUT2D eigenvalue weighted by atomic mass is 9.93. The van der Waals surface area contributed by atoms with Crippen molar-refractivity contribution < 1.29 is 4.52 Å². The Labute approximate surface area is 157 Å². The summed E-state index contributed by atoms with van der Waals surface area (Å²) in [6, 6.07) is 15.8. The number of fused-ring (bicyclic) bond motifs is 3. The van der Waals surface area contributed by atoms with Crippen LogP contribution in [0.25, 0.3) is 11.1 Å². The van der Waals surface area contributed by atoms with E-state index in [1.54, 1.807) is 0 Å². The number of nitrogens with zero attached hydrogens (tertiary/aromatic N) is 2. The van der Waals surface area contributed by atoms with Crippen LogP contribution in [0.1, 0.15) is 42.0 Å². The number of halogens is 1. The molecule has 1 aliphatic rings. The molecule has 2 aromatic carbocycles. The molecule has 4 nitrogen and oxygen atoms in total. The third-order valence-corrected chi connectivity index (χ3v) is 4.89. The van der Waals surface area contributed by atoms with Gasteiger partial charge in [0.15, 0.2) is 5.76 Å². The van der Waals surface area contributed by atoms with Gasteiger partial charge in [0.05, 0.1) is 17.0 Å². The SMILES string of the molecule is Cc1noc2c1-c1ccccc1C(c1ccc(Cl)cc1)=N[C@H]2CC(C)N. The first-order chi connectivity index (χ1) is 12.5. The van der Waals surface area contributed by atoms with E-state index in [9.17, 15) is 0 Å². The van der Waals surface area contributed by atoms with Gasteiger partial charge >= 0.3 is 0 Å². The predicted molar refractivity (Wildman–Crippen MR) is 105 cm³/mol. The highest BCUT2D eigenvalue weighted by Gasteiger charge is 2.30. The van der Waals surface area contributed by atoms with E-state index >= 15 is 0 Å². The summed E-state index contributed by atoms with van der Waals surface area (Å²) in [5.74, 6) is 0.788. The second-order valence-electron chi connectivity index (χ2n) is 6.77. The van der Waals surface area contributed by atoms with Crippen molar-refractivity contribution in [2.24, 2.45) is 10.7 Å². The Morgan fingerprint density at radius 3 is 2.50 bits per heavy atom. The lowest BCUT2D eigenvalue weighted by molar-refractivity contribution is 0.349. The first-order valence-corrected chi connectivity index (χ1v) is 9.07. The van der Waals surface area contributed by atoms with Gasteiger partial charge < -0.3 is 10.3 Å². The smallest absolute Gasteiger partial charge is 0.169 e. The Kier molecular flexibility index (Phi) is 4.39. The minimum atomic E-state index is -0.177. The van der Waals surface area contributed by atoms with Gasteiger partial charge in [0, 0.05) is 22.2 Å². The molecule has 5 heteroatoms. The van der Waals surface area contributed by atoms with Crippen molar-refractivity contribution in [1.82, 2.24) is 5.16 Å². The van der Waals surface area contributed by atoms with Gasteiger partial charge in [-0.1, -0.05) is 53.2 Å². The number of aliphatic imine (C=N–C) groups is 1. The number of rotatable bonds is 3. The number of hydrogen-bond donors (Lipinski definition) is 1. The molecule has 2 atom stereocenters. The second kappa shape index (κ2) is 6.71. The normalized spacial score (nSPS) is 17.1. The van der Waals surface area contributed by atoms with Crippen LogP contribution in [-0.2, 0) is 0 Å². The number of hydrogen-bond acceptors (Lipinski definition) is 4. The molecule has 4 rings (SSSR count). The number of aryl methyl sites for hydroxylation is 1. The lowest BCUT2D eigenvalue weighted by Gasteiger charge is -2.14. The Balaban J connectivity index is 1.98. The summed E-state index contributed by atoms with van der Waals surface area (Å²) < 4.78 is 5.71. The molecule has 0 spiro atoms. The van der Waals surface area contributed by atoms with Crippen molar-refractivity contribution in [3.63, 3.8) is 0 Å². The highest BCUT2D eigenvalue weighted by Crippen LogP contribution is 2.40. The molecule has 2 heterocycles.